The zero-order valence-electron chi connectivity index (χ0n) is 19.9. The van der Waals surface area contributed by atoms with Gasteiger partial charge in [-0.1, -0.05) is 22.0 Å². The highest BCUT2D eigenvalue weighted by atomic mass is 79.9. The number of fused-ring (bicyclic) bond motifs is 2. The predicted octanol–water partition coefficient (Wildman–Crippen LogP) is 6.09. The van der Waals surface area contributed by atoms with Crippen molar-refractivity contribution in [2.75, 3.05) is 13.1 Å². The summed E-state index contributed by atoms with van der Waals surface area (Å²) in [5, 5.41) is 10.0. The number of likely N-dealkylation sites (tertiary alicyclic amines) is 1. The minimum Gasteiger partial charge on any atom is -0.460 e. The Morgan fingerprint density at radius 2 is 2.12 bits per heavy atom. The summed E-state index contributed by atoms with van der Waals surface area (Å²) < 4.78 is 12.8. The fraction of sp³-hybridized carbons (Fsp3) is 0.444. The van der Waals surface area contributed by atoms with Crippen LogP contribution in [0.25, 0.3) is 22.6 Å². The van der Waals surface area contributed by atoms with E-state index in [1.807, 2.05) is 45.9 Å². The average molecular weight is 522 g/mol. The van der Waals surface area contributed by atoms with Crippen LogP contribution in [0, 0.1) is 24.2 Å². The van der Waals surface area contributed by atoms with Crippen LogP contribution in [0.15, 0.2) is 33.2 Å². The molecular weight excluding hydrogens is 494 g/mol. The minimum atomic E-state index is -0.477. The van der Waals surface area contributed by atoms with E-state index in [9.17, 15) is 10.1 Å². The molecule has 0 unspecified atom stereocenters. The number of benzene rings is 2. The highest BCUT2D eigenvalue weighted by Gasteiger charge is 2.39. The molecule has 0 spiro atoms. The monoisotopic (exact) mass is 521 g/mol. The molecule has 0 amide bonds. The van der Waals surface area contributed by atoms with Crippen LogP contribution in [0.5, 0.6) is 0 Å². The first-order valence-corrected chi connectivity index (χ1v) is 12.5. The fourth-order valence-corrected chi connectivity index (χ4v) is 5.59. The number of carbonyl (C=O) groups excluding carboxylic acids is 1. The Hall–Kier alpha value is -2.69. The highest BCUT2D eigenvalue weighted by molar-refractivity contribution is 9.10. The van der Waals surface area contributed by atoms with Gasteiger partial charge in [-0.3, -0.25) is 9.69 Å². The van der Waals surface area contributed by atoms with E-state index in [-0.39, 0.29) is 17.9 Å². The number of aromatic nitrogens is 1. The first kappa shape index (κ1) is 23.1. The summed E-state index contributed by atoms with van der Waals surface area (Å²) in [5.74, 6) is 0.296. The van der Waals surface area contributed by atoms with Crippen LogP contribution in [0.1, 0.15) is 61.9 Å². The highest BCUT2D eigenvalue weighted by Crippen LogP contribution is 2.43. The van der Waals surface area contributed by atoms with Gasteiger partial charge in [0.25, 0.3) is 0 Å². The lowest BCUT2D eigenvalue weighted by Crippen LogP contribution is -2.31. The number of rotatable bonds is 3. The van der Waals surface area contributed by atoms with Crippen molar-refractivity contribution in [1.82, 2.24) is 9.88 Å². The Morgan fingerprint density at radius 1 is 1.32 bits per heavy atom. The third-order valence-corrected chi connectivity index (χ3v) is 7.72. The predicted molar refractivity (Wildman–Crippen MR) is 133 cm³/mol. The molecule has 0 bridgehead atoms. The molecule has 1 saturated heterocycles. The summed E-state index contributed by atoms with van der Waals surface area (Å²) in [7, 11) is 0. The molecule has 1 aliphatic heterocycles. The summed E-state index contributed by atoms with van der Waals surface area (Å²) >= 11 is 3.58. The van der Waals surface area contributed by atoms with Crippen LogP contribution >= 0.6 is 15.9 Å². The molecular formula is C27H28BrN3O3. The molecule has 2 aliphatic rings. The van der Waals surface area contributed by atoms with Gasteiger partial charge in [0.2, 0.25) is 5.89 Å². The summed E-state index contributed by atoms with van der Waals surface area (Å²) in [6.45, 7) is 9.25. The number of halogens is 1. The molecule has 0 radical (unpaired) electrons. The van der Waals surface area contributed by atoms with Crippen molar-refractivity contribution >= 4 is 33.0 Å². The lowest BCUT2D eigenvalue weighted by atomic mass is 10.0. The molecule has 2 heterocycles. The first-order chi connectivity index (χ1) is 16.2. The van der Waals surface area contributed by atoms with Crippen LogP contribution in [-0.4, -0.2) is 34.5 Å². The van der Waals surface area contributed by atoms with Gasteiger partial charge in [-0.15, -0.1) is 0 Å². The molecule has 176 valence electrons. The largest absolute Gasteiger partial charge is 0.460 e. The Balaban J connectivity index is 1.48. The number of nitriles is 1. The van der Waals surface area contributed by atoms with Crippen LogP contribution < -0.4 is 0 Å². The summed E-state index contributed by atoms with van der Waals surface area (Å²) in [6, 6.07) is 10.6. The van der Waals surface area contributed by atoms with Crippen LogP contribution in [-0.2, 0) is 16.0 Å². The van der Waals surface area contributed by atoms with Gasteiger partial charge in [0.1, 0.15) is 22.8 Å². The molecule has 6 nitrogen and oxygen atoms in total. The summed E-state index contributed by atoms with van der Waals surface area (Å²) in [6.07, 6.45) is 2.54. The smallest absolute Gasteiger partial charge is 0.310 e. The first-order valence-electron chi connectivity index (χ1n) is 11.7. The number of hydrogen-bond donors (Lipinski definition) is 0. The molecule has 1 aromatic heterocycles. The van der Waals surface area contributed by atoms with Crippen LogP contribution in [0.2, 0.25) is 0 Å². The van der Waals surface area contributed by atoms with Crippen molar-refractivity contribution in [3.8, 4) is 17.5 Å². The standard InChI is InChI=1S/C27H28BrN3O3/c1-15-17(6-5-7-21(15)28)25-30-22-12-19-18(20(13-29)24(22)33-25)8-9-23(19)31-11-10-16(14-31)26(32)34-27(2,3)4/h5-7,12,16,23H,8-11,14H2,1-4H3/t16-,23+/m1/s1. The quantitative estimate of drug-likeness (QED) is 0.388. The van der Waals surface area contributed by atoms with E-state index < -0.39 is 5.60 Å². The number of ether oxygens (including phenoxy) is 1. The third-order valence-electron chi connectivity index (χ3n) is 6.86. The van der Waals surface area contributed by atoms with Crippen molar-refractivity contribution < 1.29 is 13.9 Å². The lowest BCUT2D eigenvalue weighted by Gasteiger charge is -2.25. The van der Waals surface area contributed by atoms with Crippen LogP contribution in [0.4, 0.5) is 0 Å². The van der Waals surface area contributed by atoms with E-state index in [1.165, 1.54) is 0 Å². The van der Waals surface area contributed by atoms with Gasteiger partial charge in [-0.25, -0.2) is 4.98 Å². The lowest BCUT2D eigenvalue weighted by molar-refractivity contribution is -0.159. The Kier molecular flexibility index (Phi) is 5.78. The van der Waals surface area contributed by atoms with Gasteiger partial charge in [0, 0.05) is 22.6 Å². The van der Waals surface area contributed by atoms with Crippen molar-refractivity contribution in [3.63, 3.8) is 0 Å². The van der Waals surface area contributed by atoms with Gasteiger partial charge in [0.05, 0.1) is 5.92 Å². The van der Waals surface area contributed by atoms with Crippen molar-refractivity contribution in [2.45, 2.75) is 58.6 Å². The average Bonchev–Trinajstić information content (AvgIpc) is 3.50. The SMILES string of the molecule is Cc1c(Br)cccc1-c1nc2cc3c(c(C#N)c2o1)CC[C@@H]3N1CC[C@@H](C(=O)OC(C)(C)C)C1. The number of nitrogens with zero attached hydrogens (tertiary/aromatic N) is 3. The van der Waals surface area contributed by atoms with Crippen LogP contribution in [0.3, 0.4) is 0 Å². The van der Waals surface area contributed by atoms with E-state index >= 15 is 0 Å². The van der Waals surface area contributed by atoms with Gasteiger partial charge in [-0.05, 0) is 88.4 Å². The number of carbonyl (C=O) groups is 1. The molecule has 2 atom stereocenters. The second kappa shape index (κ2) is 8.51. The molecule has 0 saturated carbocycles. The van der Waals surface area contributed by atoms with Gasteiger partial charge in [-0.2, -0.15) is 5.26 Å². The zero-order chi connectivity index (χ0) is 24.2. The molecule has 0 N–H and O–H groups in total. The molecule has 7 heteroatoms. The number of oxazole rings is 1. The maximum absolute atomic E-state index is 12.6. The molecule has 1 aliphatic carbocycles. The molecule has 2 aromatic carbocycles. The number of hydrogen-bond acceptors (Lipinski definition) is 6. The second-order valence-corrected chi connectivity index (χ2v) is 11.1. The molecule has 5 rings (SSSR count). The van der Waals surface area contributed by atoms with Gasteiger partial charge < -0.3 is 9.15 Å². The molecule has 3 aromatic rings. The van der Waals surface area contributed by atoms with E-state index in [0.717, 1.165) is 52.5 Å². The third kappa shape index (κ3) is 4.03. The van der Waals surface area contributed by atoms with Gasteiger partial charge >= 0.3 is 5.97 Å². The fourth-order valence-electron chi connectivity index (χ4n) is 5.23. The Bertz CT molecular complexity index is 1330. The van der Waals surface area contributed by atoms with E-state index in [2.05, 4.69) is 33.0 Å². The van der Waals surface area contributed by atoms with E-state index in [4.69, 9.17) is 14.1 Å². The summed E-state index contributed by atoms with van der Waals surface area (Å²) in [4.78, 5) is 19.8. The second-order valence-electron chi connectivity index (χ2n) is 10.3. The molecule has 1 fully saturated rings. The Labute approximate surface area is 208 Å². The maximum Gasteiger partial charge on any atom is 0.310 e. The zero-order valence-corrected chi connectivity index (χ0v) is 21.5. The maximum atomic E-state index is 12.6. The minimum absolute atomic E-state index is 0.111. The Morgan fingerprint density at radius 3 is 2.85 bits per heavy atom. The van der Waals surface area contributed by atoms with E-state index in [1.54, 1.807) is 0 Å². The number of esters is 1. The topological polar surface area (TPSA) is 79.4 Å². The van der Waals surface area contributed by atoms with Crippen molar-refractivity contribution in [2.24, 2.45) is 5.92 Å². The van der Waals surface area contributed by atoms with Crippen molar-refractivity contribution in [1.29, 1.82) is 5.26 Å². The summed E-state index contributed by atoms with van der Waals surface area (Å²) in [5.41, 5.74) is 5.52. The van der Waals surface area contributed by atoms with E-state index in [0.29, 0.717) is 29.1 Å². The normalized spacial score (nSPS) is 20.5. The van der Waals surface area contributed by atoms with Crippen molar-refractivity contribution in [3.05, 3.63) is 51.0 Å². The molecule has 34 heavy (non-hydrogen) atoms. The van der Waals surface area contributed by atoms with Gasteiger partial charge in [0.15, 0.2) is 5.58 Å².